The van der Waals surface area contributed by atoms with Gasteiger partial charge < -0.3 is 11.1 Å². The molecule has 0 fully saturated rings. The maximum absolute atomic E-state index is 11.4. The molecule has 0 aliphatic rings. The standard InChI is InChI=1S/C14H24N2O2S/c1-11(2)9-14(3,10-15)16-12-5-7-13(8-6-12)19(4,17)18/h5-8,11,16H,9-10,15H2,1-4H3. The van der Waals surface area contributed by atoms with E-state index in [1.54, 1.807) is 24.3 Å². The van der Waals surface area contributed by atoms with E-state index in [1.807, 2.05) is 0 Å². The van der Waals surface area contributed by atoms with Gasteiger partial charge in [-0.3, -0.25) is 0 Å². The summed E-state index contributed by atoms with van der Waals surface area (Å²) in [5.74, 6) is 0.538. The predicted molar refractivity (Wildman–Crippen MR) is 80.1 cm³/mol. The molecule has 1 rings (SSSR count). The van der Waals surface area contributed by atoms with Crippen molar-refractivity contribution in [1.29, 1.82) is 0 Å². The Morgan fingerprint density at radius 1 is 1.26 bits per heavy atom. The smallest absolute Gasteiger partial charge is 0.175 e. The summed E-state index contributed by atoms with van der Waals surface area (Å²) in [6, 6.07) is 6.79. The second kappa shape index (κ2) is 5.92. The maximum Gasteiger partial charge on any atom is 0.175 e. The van der Waals surface area contributed by atoms with Crippen molar-refractivity contribution in [2.75, 3.05) is 18.1 Å². The van der Waals surface area contributed by atoms with Crippen LogP contribution in [0.25, 0.3) is 0 Å². The highest BCUT2D eigenvalue weighted by Gasteiger charge is 2.23. The summed E-state index contributed by atoms with van der Waals surface area (Å²) in [5.41, 5.74) is 6.55. The normalized spacial score (nSPS) is 15.3. The van der Waals surface area contributed by atoms with Gasteiger partial charge in [0.15, 0.2) is 9.84 Å². The van der Waals surface area contributed by atoms with Crippen molar-refractivity contribution in [2.24, 2.45) is 11.7 Å². The highest BCUT2D eigenvalue weighted by molar-refractivity contribution is 7.90. The number of benzene rings is 1. The Kier molecular flexibility index (Phi) is 4.98. The average Bonchev–Trinajstić information content (AvgIpc) is 2.27. The molecule has 3 N–H and O–H groups in total. The molecule has 0 heterocycles. The first-order valence-electron chi connectivity index (χ1n) is 6.45. The molecule has 1 atom stereocenters. The Morgan fingerprint density at radius 3 is 2.16 bits per heavy atom. The minimum atomic E-state index is -3.14. The third kappa shape index (κ3) is 4.84. The van der Waals surface area contributed by atoms with Crippen molar-refractivity contribution in [2.45, 2.75) is 37.6 Å². The third-order valence-electron chi connectivity index (χ3n) is 3.04. The lowest BCUT2D eigenvalue weighted by molar-refractivity contribution is 0.407. The first-order valence-corrected chi connectivity index (χ1v) is 8.34. The zero-order valence-electron chi connectivity index (χ0n) is 12.1. The van der Waals surface area contributed by atoms with Crippen LogP contribution in [0.15, 0.2) is 29.2 Å². The molecular formula is C14H24N2O2S. The molecule has 5 heteroatoms. The van der Waals surface area contributed by atoms with Crippen LogP contribution >= 0.6 is 0 Å². The zero-order chi connectivity index (χ0) is 14.7. The second-order valence-electron chi connectivity index (χ2n) is 5.78. The maximum atomic E-state index is 11.4. The molecule has 0 spiro atoms. The van der Waals surface area contributed by atoms with Gasteiger partial charge in [0.2, 0.25) is 0 Å². The topological polar surface area (TPSA) is 72.2 Å². The van der Waals surface area contributed by atoms with Crippen LogP contribution in [0.1, 0.15) is 27.2 Å². The van der Waals surface area contributed by atoms with E-state index in [-0.39, 0.29) is 5.54 Å². The minimum Gasteiger partial charge on any atom is -0.379 e. The highest BCUT2D eigenvalue weighted by atomic mass is 32.2. The molecule has 0 bridgehead atoms. The molecule has 0 saturated heterocycles. The summed E-state index contributed by atoms with van der Waals surface area (Å²) in [6.45, 7) is 6.92. The summed E-state index contributed by atoms with van der Waals surface area (Å²) < 4.78 is 22.8. The van der Waals surface area contributed by atoms with Crippen LogP contribution in [0.2, 0.25) is 0 Å². The van der Waals surface area contributed by atoms with E-state index in [4.69, 9.17) is 5.73 Å². The van der Waals surface area contributed by atoms with Gasteiger partial charge in [-0.05, 0) is 43.5 Å². The van der Waals surface area contributed by atoms with E-state index < -0.39 is 9.84 Å². The van der Waals surface area contributed by atoms with Crippen LogP contribution in [0.5, 0.6) is 0 Å². The van der Waals surface area contributed by atoms with Crippen LogP contribution < -0.4 is 11.1 Å². The summed E-state index contributed by atoms with van der Waals surface area (Å²) in [7, 11) is -3.14. The Morgan fingerprint density at radius 2 is 1.79 bits per heavy atom. The molecule has 0 saturated carbocycles. The monoisotopic (exact) mass is 284 g/mol. The van der Waals surface area contributed by atoms with Crippen molar-refractivity contribution in [1.82, 2.24) is 0 Å². The Balaban J connectivity index is 2.87. The van der Waals surface area contributed by atoms with Gasteiger partial charge in [0.05, 0.1) is 4.90 Å². The van der Waals surface area contributed by atoms with Crippen LogP contribution in [0.4, 0.5) is 5.69 Å². The molecule has 0 aliphatic carbocycles. The summed E-state index contributed by atoms with van der Waals surface area (Å²) >= 11 is 0. The summed E-state index contributed by atoms with van der Waals surface area (Å²) in [6.07, 6.45) is 2.16. The fraction of sp³-hybridized carbons (Fsp3) is 0.571. The fourth-order valence-corrected chi connectivity index (χ4v) is 2.85. The molecule has 0 aliphatic heterocycles. The lowest BCUT2D eigenvalue weighted by atomic mass is 9.90. The van der Waals surface area contributed by atoms with Crippen molar-refractivity contribution in [3.8, 4) is 0 Å². The molecule has 19 heavy (non-hydrogen) atoms. The second-order valence-corrected chi connectivity index (χ2v) is 7.80. The Bertz CT molecular complexity index is 509. The van der Waals surface area contributed by atoms with Crippen molar-refractivity contribution >= 4 is 15.5 Å². The van der Waals surface area contributed by atoms with Gasteiger partial charge in [0.25, 0.3) is 0 Å². The minimum absolute atomic E-state index is 0.180. The number of anilines is 1. The number of nitrogens with two attached hydrogens (primary N) is 1. The van der Waals surface area contributed by atoms with E-state index in [2.05, 4.69) is 26.1 Å². The summed E-state index contributed by atoms with van der Waals surface area (Å²) in [4.78, 5) is 0.330. The molecular weight excluding hydrogens is 260 g/mol. The molecule has 0 aromatic heterocycles. The SMILES string of the molecule is CC(C)CC(C)(CN)Nc1ccc(S(C)(=O)=O)cc1. The molecule has 1 unspecified atom stereocenters. The van der Waals surface area contributed by atoms with Crippen molar-refractivity contribution in [3.05, 3.63) is 24.3 Å². The van der Waals surface area contributed by atoms with Crippen LogP contribution in [0.3, 0.4) is 0 Å². The van der Waals surface area contributed by atoms with Crippen LogP contribution in [-0.2, 0) is 9.84 Å². The molecule has 0 amide bonds. The average molecular weight is 284 g/mol. The van der Waals surface area contributed by atoms with E-state index in [1.165, 1.54) is 6.26 Å². The van der Waals surface area contributed by atoms with Gasteiger partial charge >= 0.3 is 0 Å². The number of hydrogen-bond donors (Lipinski definition) is 2. The molecule has 0 radical (unpaired) electrons. The molecule has 4 nitrogen and oxygen atoms in total. The van der Waals surface area contributed by atoms with E-state index in [9.17, 15) is 8.42 Å². The zero-order valence-corrected chi connectivity index (χ0v) is 12.9. The molecule has 1 aromatic rings. The van der Waals surface area contributed by atoms with Gasteiger partial charge in [0.1, 0.15) is 0 Å². The van der Waals surface area contributed by atoms with Crippen LogP contribution in [-0.4, -0.2) is 26.8 Å². The Hall–Kier alpha value is -1.07. The van der Waals surface area contributed by atoms with E-state index in [0.717, 1.165) is 12.1 Å². The first kappa shape index (κ1) is 16.0. The fourth-order valence-electron chi connectivity index (χ4n) is 2.22. The van der Waals surface area contributed by atoms with Gasteiger partial charge in [-0.15, -0.1) is 0 Å². The van der Waals surface area contributed by atoms with Gasteiger partial charge in [-0.1, -0.05) is 13.8 Å². The lowest BCUT2D eigenvalue weighted by Crippen LogP contribution is -2.43. The largest absolute Gasteiger partial charge is 0.379 e. The number of hydrogen-bond acceptors (Lipinski definition) is 4. The highest BCUT2D eigenvalue weighted by Crippen LogP contribution is 2.22. The number of rotatable bonds is 6. The van der Waals surface area contributed by atoms with E-state index in [0.29, 0.717) is 17.4 Å². The quantitative estimate of drug-likeness (QED) is 0.840. The van der Waals surface area contributed by atoms with Crippen molar-refractivity contribution < 1.29 is 8.42 Å². The first-order chi connectivity index (χ1) is 8.66. The lowest BCUT2D eigenvalue weighted by Gasteiger charge is -2.32. The van der Waals surface area contributed by atoms with Crippen LogP contribution in [0, 0.1) is 5.92 Å². The summed E-state index contributed by atoms with van der Waals surface area (Å²) in [5, 5.41) is 3.40. The van der Waals surface area contributed by atoms with Gasteiger partial charge in [0, 0.05) is 24.0 Å². The molecule has 108 valence electrons. The predicted octanol–water partition coefficient (Wildman–Crippen LogP) is 2.27. The van der Waals surface area contributed by atoms with Crippen molar-refractivity contribution in [3.63, 3.8) is 0 Å². The third-order valence-corrected chi connectivity index (χ3v) is 4.17. The number of nitrogens with one attached hydrogen (secondary N) is 1. The van der Waals surface area contributed by atoms with E-state index >= 15 is 0 Å². The van der Waals surface area contributed by atoms with Gasteiger partial charge in [-0.2, -0.15) is 0 Å². The molecule has 1 aromatic carbocycles. The Labute approximate surface area is 116 Å². The van der Waals surface area contributed by atoms with Gasteiger partial charge in [-0.25, -0.2) is 8.42 Å². The number of sulfone groups is 1.